The van der Waals surface area contributed by atoms with E-state index in [4.69, 9.17) is 11.1 Å². The maximum atomic E-state index is 6.94. The summed E-state index contributed by atoms with van der Waals surface area (Å²) in [6.45, 7) is 135. The summed E-state index contributed by atoms with van der Waals surface area (Å²) in [7, 11) is 0. The monoisotopic (exact) mass is 2740 g/mol. The van der Waals surface area contributed by atoms with Crippen LogP contribution in [0.4, 0.5) is 0 Å². The number of nitrogens with zero attached hydrogens (tertiary/aromatic N) is 5. The van der Waals surface area contributed by atoms with E-state index in [1.807, 2.05) is 20.8 Å². The summed E-state index contributed by atoms with van der Waals surface area (Å²) in [4.78, 5) is 2.37. The molecular weight excluding hydrogens is 2570 g/mol. The summed E-state index contributed by atoms with van der Waals surface area (Å²) in [5.41, 5.74) is 9.60. The molecule has 0 saturated carbocycles. The van der Waals surface area contributed by atoms with Gasteiger partial charge in [-0.3, -0.25) is 0 Å². The second-order valence-corrected chi connectivity index (χ2v) is 49.8. The molecule has 580 valence electrons. The van der Waals surface area contributed by atoms with Crippen LogP contribution in [0, 0.1) is 130 Å². The first-order chi connectivity index (χ1) is 39.9. The topological polar surface area (TPSA) is 81.7 Å². The summed E-state index contributed by atoms with van der Waals surface area (Å²) in [6.07, 6.45) is 2.35. The summed E-state index contributed by atoms with van der Waals surface area (Å²) in [5, 5.41) is 13.2. The fraction of sp³-hybridized carbons (Fsp3) is 0.778. The zero-order valence-corrected chi connectivity index (χ0v) is 108. The molecule has 0 amide bonds. The van der Waals surface area contributed by atoms with Crippen LogP contribution in [-0.2, 0) is 312 Å². The van der Waals surface area contributed by atoms with Crippen LogP contribution in [0.2, 0.25) is 0 Å². The minimum absolute atomic E-state index is 0. The molecule has 1 N–H and O–H groups in total. The maximum Gasteiger partial charge on any atom is 3.00 e. The van der Waals surface area contributed by atoms with E-state index in [2.05, 4.69) is 442 Å². The summed E-state index contributed by atoms with van der Waals surface area (Å²) >= 11 is 14.3. The quantitative estimate of drug-likeness (QED) is 0.212. The van der Waals surface area contributed by atoms with E-state index in [0.717, 1.165) is 21.1 Å². The van der Waals surface area contributed by atoms with Crippen LogP contribution >= 0.6 is 0 Å². The minimum atomic E-state index is -0.250. The van der Waals surface area contributed by atoms with Gasteiger partial charge < -0.3 is 40.4 Å². The van der Waals surface area contributed by atoms with E-state index in [0.29, 0.717) is 11.3 Å². The average molecular weight is 2740 g/mol. The van der Waals surface area contributed by atoms with Crippen LogP contribution in [0.1, 0.15) is 312 Å². The molecule has 0 aromatic heterocycles. The Morgan fingerprint density at radius 3 is 0.730 bits per heavy atom. The summed E-state index contributed by atoms with van der Waals surface area (Å²) in [6, 6.07) is 0. The molecule has 0 aromatic rings. The molecule has 100 heavy (non-hydrogen) atoms. The number of hydrogen-bond donors (Lipinski definition) is 0. The van der Waals surface area contributed by atoms with Crippen LogP contribution in [0.25, 0.3) is 21.7 Å². The molecule has 0 rings (SSSR count). The van der Waals surface area contributed by atoms with Gasteiger partial charge in [0.1, 0.15) is 0 Å². The molecule has 19 heteroatoms. The van der Waals surface area contributed by atoms with E-state index in [1.54, 1.807) is 0 Å². The van der Waals surface area contributed by atoms with Crippen molar-refractivity contribution >= 4 is 28.8 Å². The Bertz CT molecular complexity index is 1780. The number of hydrogen-bond acceptors (Lipinski definition) is 2. The van der Waals surface area contributed by atoms with Gasteiger partial charge in [0, 0.05) is 32.7 Å². The van der Waals surface area contributed by atoms with Crippen LogP contribution in [-0.4, -0.2) is 80.0 Å². The zero-order chi connectivity index (χ0) is 81.8. The molecule has 0 heterocycles. The fourth-order valence-corrected chi connectivity index (χ4v) is 9.36. The minimum Gasteiger partial charge on any atom is 0 e. The van der Waals surface area contributed by atoms with Crippen LogP contribution in [0.3, 0.4) is 0 Å². The average Bonchev–Trinajstić information content (AvgIpc) is 3.13. The SMILES string of the molecule is CC(C)(C)[C-]=[V].CC(C)(C)[NH-].CC(C)(C)[N]=[V].[CH2-]C(C)(C)C.[CH2-]C(C)(C)C.[CH2-]C(C)(C)C.[CH2-]C(C)(C)C.[CH2-]C(C)(C)C.[CH2-][C](=[W])C(C[N-]C(C)(C)C)C(C)(C)C.[CH2-][C](=[W])N(C[CH-]C(C)(C)C)C(C)(C)C.[CH2-][C](=[W])[C](=[V])C(C)(C)C.[CH2-][C](=[W])[N-]C(C)(C)C.[CH2-][C](=[W])[N-]C(C)(C)C.[Y+3].[Y+3].[Y+3].[Y+3].[Y]. The molecule has 1 radical (unpaired) electrons. The molecule has 0 aromatic carbocycles. The first-order valence-electron chi connectivity index (χ1n) is 32.8. The van der Waals surface area contributed by atoms with Crippen molar-refractivity contribution < 1.29 is 312 Å². The second-order valence-electron chi connectivity index (χ2n) is 39.7. The van der Waals surface area contributed by atoms with Gasteiger partial charge in [0.2, 0.25) is 0 Å². The van der Waals surface area contributed by atoms with E-state index in [9.17, 15) is 0 Å². The van der Waals surface area contributed by atoms with Gasteiger partial charge in [0.25, 0.3) is 0 Å². The second kappa shape index (κ2) is 72.4. The molecule has 0 saturated heterocycles. The van der Waals surface area contributed by atoms with Crippen molar-refractivity contribution in [3.05, 3.63) is 97.3 Å². The van der Waals surface area contributed by atoms with Crippen LogP contribution in [0.15, 0.2) is 3.79 Å². The summed E-state index contributed by atoms with van der Waals surface area (Å²) < 4.78 is 14.1. The van der Waals surface area contributed by atoms with Crippen molar-refractivity contribution in [3.8, 4) is 0 Å². The van der Waals surface area contributed by atoms with Gasteiger partial charge in [-0.05, 0) is 0 Å². The Balaban J connectivity index is -0.0000000462. The summed E-state index contributed by atoms with van der Waals surface area (Å²) in [5.74, 6) is 0.525. The third-order valence-electron chi connectivity index (χ3n) is 6.71. The smallest absolute Gasteiger partial charge is 0 e. The van der Waals surface area contributed by atoms with Gasteiger partial charge in [-0.25, -0.2) is 0 Å². The largest absolute Gasteiger partial charge is 3.00 e. The molecule has 0 spiro atoms. The van der Waals surface area contributed by atoms with Gasteiger partial charge in [-0.15, -0.1) is 5.54 Å². The normalized spacial score (nSPS) is 11.8. The van der Waals surface area contributed by atoms with Crippen molar-refractivity contribution in [2.24, 2.45) is 58.4 Å². The van der Waals surface area contributed by atoms with E-state index < -0.39 is 0 Å². The molecule has 0 aliphatic carbocycles. The first kappa shape index (κ1) is 154. The Hall–Kier alpha value is 9.40. The molecule has 0 aliphatic heterocycles. The van der Waals surface area contributed by atoms with Crippen molar-refractivity contribution in [1.29, 1.82) is 0 Å². The Kier molecular flexibility index (Phi) is 111. The predicted molar refractivity (Wildman–Crippen MR) is 418 cm³/mol. The van der Waals surface area contributed by atoms with Gasteiger partial charge in [-0.2, -0.15) is 27.1 Å². The van der Waals surface area contributed by atoms with Gasteiger partial charge in [0.05, 0.1) is 0 Å². The van der Waals surface area contributed by atoms with Crippen molar-refractivity contribution in [2.45, 2.75) is 345 Å². The Labute approximate surface area is 844 Å². The molecule has 0 aliphatic rings. The number of nitrogens with one attached hydrogen (secondary N) is 1. The van der Waals surface area contributed by atoms with Crippen molar-refractivity contribution in [2.75, 3.05) is 13.1 Å². The Morgan fingerprint density at radius 2 is 0.670 bits per heavy atom. The molecule has 0 bridgehead atoms. The third-order valence-corrected chi connectivity index (χ3v) is 14.3. The van der Waals surface area contributed by atoms with Gasteiger partial charge >= 0.3 is 629 Å². The zero-order valence-electron chi connectivity index (χ0n) is 74.6. The standard InChI is InChI=1S/2C12H23N.C7H11.2C6H11N.5C5H11.C5H9.C4H10N.C4H9N.3V.5W.5Y/c1-8-13(12(5,6)7)10-9-11(2,3)4;1-8-10(11(2,3)4)9-13-12(5,6)7;1-5-6-7(2,3)4;2*1-5-7-6(2,3)4;6*1-5(2,3)4;2*1-4(2,3)5;;;;;;;;;;;;;/h9H,1,10H2,2-7H3;10H,1,9H2,2-7H3;3*1H2,2-4H3;5*1H2,2-4H3;1-3H3;5H,1-3H3;1-3H3;;;;;;;;;;;;;/q2*-2;-1;2*-2;7*-1;;;;;;;;;;;4*+3. The predicted octanol–water partition coefficient (Wildman–Crippen LogP) is 24.8. The molecule has 1 atom stereocenters. The molecule has 1 unspecified atom stereocenters. The fourth-order valence-electron chi connectivity index (χ4n) is 3.51. The third kappa shape index (κ3) is 268. The van der Waals surface area contributed by atoms with E-state index in [-0.39, 0.29) is 240 Å². The van der Waals surface area contributed by atoms with Crippen molar-refractivity contribution in [1.82, 2.24) is 4.90 Å². The maximum absolute atomic E-state index is 6.94. The van der Waals surface area contributed by atoms with Crippen LogP contribution < -0.4 is 0 Å². The molecular formula is C81H162N6V3W5Y5-4. The van der Waals surface area contributed by atoms with Crippen molar-refractivity contribution in [3.63, 3.8) is 0 Å². The first-order valence-corrected chi connectivity index (χ1v) is 42.2. The molecule has 0 fully saturated rings. The number of rotatable bonds is 9. The van der Waals surface area contributed by atoms with Gasteiger partial charge in [0.15, 0.2) is 0 Å². The van der Waals surface area contributed by atoms with E-state index >= 15 is 0 Å². The van der Waals surface area contributed by atoms with E-state index in [1.165, 1.54) is 113 Å². The van der Waals surface area contributed by atoms with Gasteiger partial charge in [-0.1, -0.05) is 125 Å². The Morgan fingerprint density at radius 1 is 0.470 bits per heavy atom. The van der Waals surface area contributed by atoms with Crippen LogP contribution in [0.5, 0.6) is 0 Å². The molecule has 6 nitrogen and oxygen atoms in total.